The number of aliphatic hydroxyl groups excluding tert-OH is 1. The van der Waals surface area contributed by atoms with E-state index in [1.54, 1.807) is 0 Å². The lowest BCUT2D eigenvalue weighted by atomic mass is 10.0. The molecule has 0 aromatic carbocycles. The van der Waals surface area contributed by atoms with Gasteiger partial charge in [-0.25, -0.2) is 0 Å². The van der Waals surface area contributed by atoms with Crippen LogP contribution in [0.5, 0.6) is 0 Å². The summed E-state index contributed by atoms with van der Waals surface area (Å²) in [5.41, 5.74) is 0. The maximum atomic E-state index is 8.72. The summed E-state index contributed by atoms with van der Waals surface area (Å²) < 4.78 is 1.32. The number of hydrogen-bond donors (Lipinski definition) is 1. The Morgan fingerprint density at radius 2 is 0.783 bits per heavy atom. The Bertz CT molecular complexity index is 218. The zero-order valence-corrected chi connectivity index (χ0v) is 16.6. The van der Waals surface area contributed by atoms with Crippen LogP contribution < -0.4 is 0 Å². The van der Waals surface area contributed by atoms with Gasteiger partial charge < -0.3 is 9.59 Å². The van der Waals surface area contributed by atoms with Gasteiger partial charge in [0.25, 0.3) is 0 Å². The highest BCUT2D eigenvalue weighted by atomic mass is 16.2. The molecular formula is C21H46NO+. The van der Waals surface area contributed by atoms with E-state index in [0.717, 1.165) is 6.42 Å². The lowest BCUT2D eigenvalue weighted by Crippen LogP contribution is -2.48. The Labute approximate surface area is 147 Å². The lowest BCUT2D eigenvalue weighted by molar-refractivity contribution is -0.923. The third kappa shape index (κ3) is 12.9. The van der Waals surface area contributed by atoms with Crippen LogP contribution in [0.4, 0.5) is 0 Å². The average Bonchev–Trinajstić information content (AvgIpc) is 2.59. The number of nitrogens with zero attached hydrogens (tertiary/aromatic N) is 1. The molecular weight excluding hydrogens is 282 g/mol. The first-order valence-corrected chi connectivity index (χ1v) is 10.7. The predicted molar refractivity (Wildman–Crippen MR) is 104 cm³/mol. The van der Waals surface area contributed by atoms with Gasteiger partial charge in [0, 0.05) is 6.61 Å². The molecule has 0 radical (unpaired) electrons. The van der Waals surface area contributed by atoms with Crippen molar-refractivity contribution in [3.05, 3.63) is 0 Å². The van der Waals surface area contributed by atoms with Crippen molar-refractivity contribution in [2.24, 2.45) is 0 Å². The molecule has 0 fully saturated rings. The highest BCUT2D eigenvalue weighted by Crippen LogP contribution is 2.14. The summed E-state index contributed by atoms with van der Waals surface area (Å²) in [6.07, 6.45) is 17.8. The quantitative estimate of drug-likeness (QED) is 0.244. The monoisotopic (exact) mass is 328 g/mol. The summed E-state index contributed by atoms with van der Waals surface area (Å²) in [6, 6.07) is 0. The van der Waals surface area contributed by atoms with Gasteiger partial charge in [-0.3, -0.25) is 0 Å². The first-order chi connectivity index (χ1) is 11.2. The van der Waals surface area contributed by atoms with E-state index in [1.165, 1.54) is 108 Å². The number of unbranched alkanes of at least 4 members (excludes halogenated alkanes) is 12. The number of rotatable bonds is 18. The molecule has 0 spiro atoms. The molecule has 23 heavy (non-hydrogen) atoms. The van der Waals surface area contributed by atoms with Gasteiger partial charge in [0.05, 0.1) is 26.2 Å². The number of quaternary nitrogens is 1. The van der Waals surface area contributed by atoms with E-state index in [-0.39, 0.29) is 0 Å². The van der Waals surface area contributed by atoms with Gasteiger partial charge in [-0.2, -0.15) is 0 Å². The second-order valence-electron chi connectivity index (χ2n) is 7.33. The van der Waals surface area contributed by atoms with Crippen molar-refractivity contribution in [2.45, 2.75) is 104 Å². The van der Waals surface area contributed by atoms with Crippen molar-refractivity contribution in [2.75, 3.05) is 32.8 Å². The second kappa shape index (κ2) is 16.8. The molecule has 0 saturated heterocycles. The van der Waals surface area contributed by atoms with Gasteiger partial charge in [-0.15, -0.1) is 0 Å². The lowest BCUT2D eigenvalue weighted by Gasteiger charge is -2.35. The van der Waals surface area contributed by atoms with E-state index in [1.807, 2.05) is 0 Å². The standard InChI is InChI=1S/C21H46NO/c1-4-22(5-2,6-3)20-18-16-14-12-10-8-7-9-11-13-15-17-19-21-23/h23H,4-21H2,1-3H3/q+1. The highest BCUT2D eigenvalue weighted by molar-refractivity contribution is 4.50. The summed E-state index contributed by atoms with van der Waals surface area (Å²) >= 11 is 0. The first-order valence-electron chi connectivity index (χ1n) is 10.7. The summed E-state index contributed by atoms with van der Waals surface area (Å²) in [5, 5.41) is 8.72. The predicted octanol–water partition coefficient (Wildman–Crippen LogP) is 5.93. The molecule has 0 aromatic rings. The van der Waals surface area contributed by atoms with Crippen molar-refractivity contribution in [3.8, 4) is 0 Å². The van der Waals surface area contributed by atoms with Gasteiger partial charge in [0.2, 0.25) is 0 Å². The molecule has 0 saturated carbocycles. The van der Waals surface area contributed by atoms with Crippen molar-refractivity contribution >= 4 is 0 Å². The van der Waals surface area contributed by atoms with Gasteiger partial charge in [-0.1, -0.05) is 64.2 Å². The molecule has 0 heterocycles. The molecule has 0 bridgehead atoms. The molecule has 0 aliphatic heterocycles. The fourth-order valence-electron chi connectivity index (χ4n) is 3.65. The van der Waals surface area contributed by atoms with E-state index in [4.69, 9.17) is 5.11 Å². The largest absolute Gasteiger partial charge is 0.396 e. The van der Waals surface area contributed by atoms with Gasteiger partial charge in [-0.05, 0) is 40.0 Å². The molecule has 140 valence electrons. The van der Waals surface area contributed by atoms with Gasteiger partial charge in [0.15, 0.2) is 0 Å². The Morgan fingerprint density at radius 3 is 1.09 bits per heavy atom. The molecule has 0 unspecified atom stereocenters. The first kappa shape index (κ1) is 22.9. The van der Waals surface area contributed by atoms with Crippen molar-refractivity contribution in [1.82, 2.24) is 0 Å². The van der Waals surface area contributed by atoms with Crippen molar-refractivity contribution < 1.29 is 9.59 Å². The van der Waals surface area contributed by atoms with Crippen LogP contribution in [-0.4, -0.2) is 42.4 Å². The third-order valence-electron chi connectivity index (χ3n) is 5.80. The molecule has 0 amide bonds. The average molecular weight is 329 g/mol. The Kier molecular flexibility index (Phi) is 16.7. The fourth-order valence-corrected chi connectivity index (χ4v) is 3.65. The molecule has 2 heteroatoms. The van der Waals surface area contributed by atoms with Crippen molar-refractivity contribution in [3.63, 3.8) is 0 Å². The fraction of sp³-hybridized carbons (Fsp3) is 1.00. The smallest absolute Gasteiger partial charge is 0.0786 e. The molecule has 0 aliphatic carbocycles. The topological polar surface area (TPSA) is 20.2 Å². The van der Waals surface area contributed by atoms with Crippen LogP contribution in [0.25, 0.3) is 0 Å². The molecule has 0 rings (SSSR count). The van der Waals surface area contributed by atoms with Crippen LogP contribution in [0, 0.1) is 0 Å². The maximum absolute atomic E-state index is 8.72. The summed E-state index contributed by atoms with van der Waals surface area (Å²) in [6.45, 7) is 12.7. The minimum absolute atomic E-state index is 0.370. The SMILES string of the molecule is CC[N+](CC)(CC)CCCCCCCCCCCCCCCO. The van der Waals surface area contributed by atoms with Crippen molar-refractivity contribution in [1.29, 1.82) is 0 Å². The third-order valence-corrected chi connectivity index (χ3v) is 5.80. The maximum Gasteiger partial charge on any atom is 0.0786 e. The minimum Gasteiger partial charge on any atom is -0.396 e. The van der Waals surface area contributed by atoms with Crippen LogP contribution in [0.2, 0.25) is 0 Å². The zero-order chi connectivity index (χ0) is 17.2. The van der Waals surface area contributed by atoms with Gasteiger partial charge >= 0.3 is 0 Å². The van der Waals surface area contributed by atoms with Crippen LogP contribution in [-0.2, 0) is 0 Å². The van der Waals surface area contributed by atoms with E-state index in [2.05, 4.69) is 20.8 Å². The number of hydrogen-bond acceptors (Lipinski definition) is 1. The molecule has 0 aromatic heterocycles. The Morgan fingerprint density at radius 1 is 0.478 bits per heavy atom. The van der Waals surface area contributed by atoms with Gasteiger partial charge in [0.1, 0.15) is 0 Å². The van der Waals surface area contributed by atoms with E-state index >= 15 is 0 Å². The summed E-state index contributed by atoms with van der Waals surface area (Å²) in [5.74, 6) is 0. The van der Waals surface area contributed by atoms with E-state index in [9.17, 15) is 0 Å². The van der Waals surface area contributed by atoms with Crippen LogP contribution in [0.3, 0.4) is 0 Å². The number of aliphatic hydroxyl groups is 1. The summed E-state index contributed by atoms with van der Waals surface area (Å²) in [7, 11) is 0. The van der Waals surface area contributed by atoms with E-state index in [0.29, 0.717) is 6.61 Å². The Hall–Kier alpha value is -0.0800. The Balaban J connectivity index is 3.25. The molecule has 1 N–H and O–H groups in total. The normalized spacial score (nSPS) is 12.0. The molecule has 2 nitrogen and oxygen atoms in total. The van der Waals surface area contributed by atoms with Crippen LogP contribution in [0.15, 0.2) is 0 Å². The second-order valence-corrected chi connectivity index (χ2v) is 7.33. The highest BCUT2D eigenvalue weighted by Gasteiger charge is 2.19. The molecule has 0 atom stereocenters. The minimum atomic E-state index is 0.370. The van der Waals surface area contributed by atoms with E-state index < -0.39 is 0 Å². The van der Waals surface area contributed by atoms with Crippen LogP contribution in [0.1, 0.15) is 104 Å². The van der Waals surface area contributed by atoms with Crippen LogP contribution >= 0.6 is 0 Å². The molecule has 0 aliphatic rings. The summed E-state index contributed by atoms with van der Waals surface area (Å²) in [4.78, 5) is 0. The zero-order valence-electron chi connectivity index (χ0n) is 16.6.